The van der Waals surface area contributed by atoms with Crippen LogP contribution in [0.25, 0.3) is 0 Å². The van der Waals surface area contributed by atoms with E-state index in [2.05, 4.69) is 82.8 Å². The van der Waals surface area contributed by atoms with Crippen molar-refractivity contribution in [2.45, 2.75) is 98.4 Å². The number of hydrogen-bond donors (Lipinski definition) is 0. The number of piperazine rings is 1. The molecule has 8 heteroatoms. The maximum atomic E-state index is 12.5. The van der Waals surface area contributed by atoms with Crippen LogP contribution in [0.4, 0.5) is 4.79 Å². The van der Waals surface area contributed by atoms with E-state index in [0.29, 0.717) is 13.1 Å². The Labute approximate surface area is 220 Å². The van der Waals surface area contributed by atoms with E-state index in [1.165, 1.54) is 5.56 Å². The maximum absolute atomic E-state index is 12.5. The predicted octanol–water partition coefficient (Wildman–Crippen LogP) is 4.58. The van der Waals surface area contributed by atoms with E-state index in [4.69, 9.17) is 14.0 Å². The zero-order chi connectivity index (χ0) is 27.1. The third kappa shape index (κ3) is 7.16. The van der Waals surface area contributed by atoms with Crippen LogP contribution in [0.15, 0.2) is 12.1 Å². The minimum absolute atomic E-state index is 0.232. The van der Waals surface area contributed by atoms with Crippen molar-refractivity contribution in [3.8, 4) is 11.5 Å². The topological polar surface area (TPSA) is 51.2 Å². The molecule has 2 fully saturated rings. The highest BCUT2D eigenvalue weighted by Crippen LogP contribution is 2.37. The second-order valence-electron chi connectivity index (χ2n) is 13.2. The van der Waals surface area contributed by atoms with E-state index in [9.17, 15) is 4.79 Å². The van der Waals surface area contributed by atoms with Crippen molar-refractivity contribution < 1.29 is 18.8 Å². The van der Waals surface area contributed by atoms with E-state index in [-0.39, 0.29) is 6.09 Å². The van der Waals surface area contributed by atoms with Gasteiger partial charge in [-0.2, -0.15) is 0 Å². The van der Waals surface area contributed by atoms with Gasteiger partial charge < -0.3 is 18.9 Å². The van der Waals surface area contributed by atoms with Gasteiger partial charge in [-0.3, -0.25) is 4.90 Å². The molecule has 1 amide bonds. The summed E-state index contributed by atoms with van der Waals surface area (Å²) in [7, 11) is -1.96. The Hall–Kier alpha value is -1.79. The van der Waals surface area contributed by atoms with Crippen molar-refractivity contribution >= 4 is 26.7 Å². The molecule has 0 bridgehead atoms. The molecule has 2 aliphatic heterocycles. The van der Waals surface area contributed by atoms with Gasteiger partial charge in [0.15, 0.2) is 0 Å². The Morgan fingerprint density at radius 2 is 1.61 bits per heavy atom. The van der Waals surface area contributed by atoms with Gasteiger partial charge in [0.05, 0.1) is 11.2 Å². The van der Waals surface area contributed by atoms with E-state index < -0.39 is 32.0 Å². The third-order valence-electron chi connectivity index (χ3n) is 7.02. The molecule has 0 spiro atoms. The van der Waals surface area contributed by atoms with Crippen LogP contribution in [0.1, 0.15) is 65.2 Å². The number of benzene rings is 1. The van der Waals surface area contributed by atoms with Crippen LogP contribution in [0.3, 0.4) is 0 Å². The van der Waals surface area contributed by atoms with Gasteiger partial charge in [0, 0.05) is 38.3 Å². The highest BCUT2D eigenvalue weighted by Gasteiger charge is 2.52. The number of amides is 1. The predicted molar refractivity (Wildman–Crippen MR) is 150 cm³/mol. The molecule has 2 aliphatic rings. The fourth-order valence-corrected chi connectivity index (χ4v) is 4.67. The van der Waals surface area contributed by atoms with Gasteiger partial charge in [-0.15, -0.1) is 5.54 Å². The Morgan fingerprint density at radius 3 is 2.11 bits per heavy atom. The van der Waals surface area contributed by atoms with Gasteiger partial charge in [-0.05, 0) is 78.0 Å². The first-order valence-corrected chi connectivity index (χ1v) is 16.6. The van der Waals surface area contributed by atoms with Crippen molar-refractivity contribution in [3.05, 3.63) is 28.8 Å². The Balaban J connectivity index is 1.83. The Bertz CT molecular complexity index is 1020. The number of rotatable bonds is 3. The van der Waals surface area contributed by atoms with Crippen molar-refractivity contribution in [2.24, 2.45) is 0 Å². The third-order valence-corrected chi connectivity index (χ3v) is 7.89. The molecule has 0 atom stereocenters. The summed E-state index contributed by atoms with van der Waals surface area (Å²) in [6.45, 7) is 26.7. The first kappa shape index (κ1) is 28.8. The van der Waals surface area contributed by atoms with Crippen LogP contribution in [-0.4, -0.2) is 74.1 Å². The molecule has 1 aromatic carbocycles. The average molecular weight is 513 g/mol. The zero-order valence-corrected chi connectivity index (χ0v) is 25.3. The van der Waals surface area contributed by atoms with Gasteiger partial charge in [0.1, 0.15) is 13.7 Å². The second kappa shape index (κ2) is 10.2. The summed E-state index contributed by atoms with van der Waals surface area (Å²) in [5.74, 6) is 3.49. The lowest BCUT2D eigenvalue weighted by atomic mass is 9.74. The van der Waals surface area contributed by atoms with Crippen LogP contribution >= 0.6 is 0 Å². The summed E-state index contributed by atoms with van der Waals surface area (Å²) in [6, 6.07) is 4.44. The molecule has 0 unspecified atom stereocenters. The molecule has 0 N–H and O–H groups in total. The fraction of sp³-hybridized carbons (Fsp3) is 0.679. The molecule has 0 saturated carbocycles. The molecule has 1 aromatic rings. The molecule has 6 nitrogen and oxygen atoms in total. The number of ether oxygens (including phenoxy) is 1. The number of nitrogens with zero attached hydrogens (tertiary/aromatic N) is 2. The molecular weight excluding hydrogens is 467 g/mol. The monoisotopic (exact) mass is 512 g/mol. The molecule has 0 radical (unpaired) electrons. The van der Waals surface area contributed by atoms with Gasteiger partial charge in [0.2, 0.25) is 0 Å². The highest BCUT2D eigenvalue weighted by molar-refractivity contribution is 6.83. The normalized spacial score (nSPS) is 20.2. The molecule has 3 rings (SSSR count). The van der Waals surface area contributed by atoms with Crippen molar-refractivity contribution in [3.63, 3.8) is 0 Å². The lowest BCUT2D eigenvalue weighted by Crippen LogP contribution is -2.49. The van der Waals surface area contributed by atoms with Crippen LogP contribution in [0, 0.1) is 18.4 Å². The first-order chi connectivity index (χ1) is 16.4. The molecule has 36 heavy (non-hydrogen) atoms. The van der Waals surface area contributed by atoms with Gasteiger partial charge in [-0.25, -0.2) is 4.79 Å². The Kier molecular flexibility index (Phi) is 8.13. The zero-order valence-electron chi connectivity index (χ0n) is 24.3. The van der Waals surface area contributed by atoms with Gasteiger partial charge in [0.25, 0.3) is 0 Å². The van der Waals surface area contributed by atoms with E-state index in [1.54, 1.807) is 4.90 Å². The number of carbonyl (C=O) groups excluding carboxylic acids is 1. The molecule has 0 aromatic heterocycles. The minimum atomic E-state index is -1.54. The van der Waals surface area contributed by atoms with E-state index in [1.807, 2.05) is 20.8 Å². The summed E-state index contributed by atoms with van der Waals surface area (Å²) >= 11 is 0. The second-order valence-corrected chi connectivity index (χ2v) is 17.9. The van der Waals surface area contributed by atoms with Crippen LogP contribution < -0.4 is 5.46 Å². The standard InChI is InChI=1S/C28H45BN2O4Si/c1-21-23(12-17-36(9,10)11)18-22(19-24(21)29-34-27(5,6)28(7,8)35-29)20-30-13-15-31(16-14-30)25(32)33-26(2,3)4/h18-19H,13-16,20H2,1-11H3. The number of carbonyl (C=O) groups is 1. The van der Waals surface area contributed by atoms with Crippen molar-refractivity contribution in [2.75, 3.05) is 26.2 Å². The summed E-state index contributed by atoms with van der Waals surface area (Å²) < 4.78 is 18.4. The van der Waals surface area contributed by atoms with Gasteiger partial charge in [-0.1, -0.05) is 31.6 Å². The molecular formula is C28H45BN2O4Si. The fourth-order valence-electron chi connectivity index (χ4n) is 4.16. The van der Waals surface area contributed by atoms with Crippen LogP contribution in [-0.2, 0) is 20.6 Å². The molecule has 0 aliphatic carbocycles. The lowest BCUT2D eigenvalue weighted by molar-refractivity contribution is 0.00578. The minimum Gasteiger partial charge on any atom is -0.444 e. The Morgan fingerprint density at radius 1 is 1.06 bits per heavy atom. The summed E-state index contributed by atoms with van der Waals surface area (Å²) in [5.41, 5.74) is 6.67. The molecule has 198 valence electrons. The summed E-state index contributed by atoms with van der Waals surface area (Å²) in [6.07, 6.45) is -0.232. The van der Waals surface area contributed by atoms with E-state index >= 15 is 0 Å². The number of hydrogen-bond acceptors (Lipinski definition) is 5. The SMILES string of the molecule is Cc1c(C#C[Si](C)(C)C)cc(CN2CCN(C(=O)OC(C)(C)C)CC2)cc1B1OC(C)(C)C(C)(C)O1. The van der Waals surface area contributed by atoms with Crippen LogP contribution in [0.5, 0.6) is 0 Å². The lowest BCUT2D eigenvalue weighted by Gasteiger charge is -2.35. The smallest absolute Gasteiger partial charge is 0.444 e. The largest absolute Gasteiger partial charge is 0.495 e. The summed E-state index contributed by atoms with van der Waals surface area (Å²) in [4.78, 5) is 16.6. The quantitative estimate of drug-likeness (QED) is 0.439. The average Bonchev–Trinajstić information content (AvgIpc) is 2.93. The van der Waals surface area contributed by atoms with Crippen LogP contribution in [0.2, 0.25) is 19.6 Å². The molecule has 2 heterocycles. The van der Waals surface area contributed by atoms with Gasteiger partial charge >= 0.3 is 13.2 Å². The van der Waals surface area contributed by atoms with Crippen molar-refractivity contribution in [1.82, 2.24) is 9.80 Å². The molecule has 2 saturated heterocycles. The van der Waals surface area contributed by atoms with E-state index in [0.717, 1.165) is 36.2 Å². The first-order valence-electron chi connectivity index (χ1n) is 13.1. The van der Waals surface area contributed by atoms with Crippen molar-refractivity contribution in [1.29, 1.82) is 0 Å². The maximum Gasteiger partial charge on any atom is 0.495 e. The highest BCUT2D eigenvalue weighted by atomic mass is 28.3. The summed E-state index contributed by atoms with van der Waals surface area (Å²) in [5, 5.41) is 0.